The average Bonchev–Trinajstić information content (AvgIpc) is 1.83. The summed E-state index contributed by atoms with van der Waals surface area (Å²) in [4.78, 5) is 0. The van der Waals surface area contributed by atoms with Crippen LogP contribution in [0, 0.1) is 0 Å². The van der Waals surface area contributed by atoms with E-state index in [0.29, 0.717) is 0 Å². The molecule has 0 aromatic rings. The summed E-state index contributed by atoms with van der Waals surface area (Å²) in [5, 5.41) is 7.37. The first-order valence-corrected chi connectivity index (χ1v) is 3.57. The van der Waals surface area contributed by atoms with Gasteiger partial charge in [0.1, 0.15) is 0 Å². The number of rotatable bonds is 0. The molecule has 12 heavy (non-hydrogen) atoms. The lowest BCUT2D eigenvalue weighted by atomic mass is 10.0. The van der Waals surface area contributed by atoms with Crippen molar-refractivity contribution < 1.29 is 18.3 Å². The highest BCUT2D eigenvalue weighted by Crippen LogP contribution is 2.33. The molecular weight excluding hydrogens is 193 g/mol. The molecule has 0 radical (unpaired) electrons. The van der Waals surface area contributed by atoms with Gasteiger partial charge in [0, 0.05) is 6.42 Å². The van der Waals surface area contributed by atoms with Crippen LogP contribution in [0.5, 0.6) is 0 Å². The Hall–Kier alpha value is -0.480. The van der Waals surface area contributed by atoms with Crippen LogP contribution in [-0.4, -0.2) is 16.3 Å². The normalized spacial score (nSPS) is 30.2. The zero-order valence-corrected chi connectivity index (χ0v) is 6.65. The van der Waals surface area contributed by atoms with Crippen molar-refractivity contribution in [1.82, 2.24) is 0 Å². The molecule has 0 fully saturated rings. The van der Waals surface area contributed by atoms with Gasteiger partial charge < -0.3 is 5.11 Å². The molecule has 0 spiro atoms. The summed E-state index contributed by atoms with van der Waals surface area (Å²) >= 11 is 5.34. The van der Waals surface area contributed by atoms with E-state index >= 15 is 0 Å². The minimum atomic E-state index is -4.36. The molecule has 0 unspecified atom stereocenters. The van der Waals surface area contributed by atoms with E-state index in [0.717, 1.165) is 18.2 Å². The fourth-order valence-electron chi connectivity index (χ4n) is 0.817. The monoisotopic (exact) mass is 198 g/mol. The molecule has 0 bridgehead atoms. The van der Waals surface area contributed by atoms with Gasteiger partial charge in [0.25, 0.3) is 0 Å². The lowest BCUT2D eigenvalue weighted by Crippen LogP contribution is -2.21. The van der Waals surface area contributed by atoms with Gasteiger partial charge in [0.15, 0.2) is 5.06 Å². The number of alkyl halides is 4. The van der Waals surface area contributed by atoms with Crippen molar-refractivity contribution in [1.29, 1.82) is 0 Å². The number of allylic oxidation sites excluding steroid dienone is 2. The van der Waals surface area contributed by atoms with Gasteiger partial charge in [-0.25, -0.2) is 0 Å². The van der Waals surface area contributed by atoms with Crippen LogP contribution < -0.4 is 0 Å². The smallest absolute Gasteiger partial charge is 0.371 e. The molecule has 0 aliphatic heterocycles. The largest absolute Gasteiger partial charge is 0.416 e. The first-order valence-electron chi connectivity index (χ1n) is 3.19. The summed E-state index contributed by atoms with van der Waals surface area (Å²) in [5.41, 5.74) is -0.771. The Bertz CT molecular complexity index is 240. The van der Waals surface area contributed by atoms with Crippen LogP contribution in [0.25, 0.3) is 0 Å². The summed E-state index contributed by atoms with van der Waals surface area (Å²) < 4.78 is 35.8. The molecule has 5 heteroatoms. The lowest BCUT2D eigenvalue weighted by Gasteiger charge is -2.19. The second-order valence-corrected chi connectivity index (χ2v) is 3.17. The third-order valence-corrected chi connectivity index (χ3v) is 1.73. The first-order chi connectivity index (χ1) is 5.31. The molecule has 1 atom stereocenters. The SMILES string of the molecule is O[C@]1(Cl)C=CC(C(F)(F)F)=CC1. The summed E-state index contributed by atoms with van der Waals surface area (Å²) in [7, 11) is 0. The highest BCUT2D eigenvalue weighted by atomic mass is 35.5. The van der Waals surface area contributed by atoms with Gasteiger partial charge in [-0.15, -0.1) is 0 Å². The molecule has 0 saturated carbocycles. The first kappa shape index (κ1) is 9.61. The molecule has 1 aliphatic carbocycles. The van der Waals surface area contributed by atoms with E-state index < -0.39 is 16.8 Å². The van der Waals surface area contributed by atoms with E-state index in [-0.39, 0.29) is 6.42 Å². The Morgan fingerprint density at radius 2 is 2.08 bits per heavy atom. The third-order valence-electron chi connectivity index (χ3n) is 1.45. The summed E-state index contributed by atoms with van der Waals surface area (Å²) in [6.07, 6.45) is -2.01. The predicted molar refractivity (Wildman–Crippen MR) is 38.7 cm³/mol. The van der Waals surface area contributed by atoms with E-state index in [1.54, 1.807) is 0 Å². The highest BCUT2D eigenvalue weighted by molar-refractivity contribution is 6.24. The highest BCUT2D eigenvalue weighted by Gasteiger charge is 2.35. The molecule has 1 nitrogen and oxygen atoms in total. The fraction of sp³-hybridized carbons (Fsp3) is 0.429. The van der Waals surface area contributed by atoms with Crippen LogP contribution in [0.4, 0.5) is 13.2 Å². The van der Waals surface area contributed by atoms with Crippen LogP contribution in [0.15, 0.2) is 23.8 Å². The summed E-state index contributed by atoms with van der Waals surface area (Å²) in [6, 6.07) is 0. The van der Waals surface area contributed by atoms with Crippen molar-refractivity contribution >= 4 is 11.6 Å². The topological polar surface area (TPSA) is 20.2 Å². The van der Waals surface area contributed by atoms with Crippen molar-refractivity contribution in [3.05, 3.63) is 23.8 Å². The van der Waals surface area contributed by atoms with E-state index in [2.05, 4.69) is 0 Å². The molecule has 1 N–H and O–H groups in total. The lowest BCUT2D eigenvalue weighted by molar-refractivity contribution is -0.0889. The van der Waals surface area contributed by atoms with Gasteiger partial charge in [-0.3, -0.25) is 0 Å². The zero-order valence-electron chi connectivity index (χ0n) is 5.90. The van der Waals surface area contributed by atoms with Crippen molar-refractivity contribution in [2.45, 2.75) is 17.7 Å². The van der Waals surface area contributed by atoms with Gasteiger partial charge >= 0.3 is 6.18 Å². The molecular formula is C7H6ClF3O. The molecule has 0 amide bonds. The Labute approximate surface area is 72.1 Å². The minimum Gasteiger partial charge on any atom is -0.371 e. The number of halogens is 4. The number of aliphatic hydroxyl groups is 1. The second kappa shape index (κ2) is 2.78. The van der Waals surface area contributed by atoms with Crippen molar-refractivity contribution in [2.75, 3.05) is 0 Å². The standard InChI is InChI=1S/C7H6ClF3O/c8-6(12)3-1-5(2-4-6)7(9,10)11/h1-3,12H,4H2/t6-/m1/s1. The van der Waals surface area contributed by atoms with Gasteiger partial charge in [-0.1, -0.05) is 23.8 Å². The Morgan fingerprint density at radius 3 is 2.42 bits per heavy atom. The number of hydrogen-bond donors (Lipinski definition) is 1. The fourth-order valence-corrected chi connectivity index (χ4v) is 0.957. The minimum absolute atomic E-state index is 0.222. The van der Waals surface area contributed by atoms with E-state index in [1.165, 1.54) is 0 Å². The van der Waals surface area contributed by atoms with E-state index in [9.17, 15) is 13.2 Å². The Kier molecular flexibility index (Phi) is 2.23. The van der Waals surface area contributed by atoms with Crippen LogP contribution in [0.1, 0.15) is 6.42 Å². The van der Waals surface area contributed by atoms with Gasteiger partial charge in [0.2, 0.25) is 0 Å². The quantitative estimate of drug-likeness (QED) is 0.593. The third kappa shape index (κ3) is 2.25. The Morgan fingerprint density at radius 1 is 1.50 bits per heavy atom. The summed E-state index contributed by atoms with van der Waals surface area (Å²) in [5.74, 6) is 0. The molecule has 0 aromatic heterocycles. The maximum absolute atomic E-state index is 11.9. The maximum atomic E-state index is 11.9. The van der Waals surface area contributed by atoms with Gasteiger partial charge in [0.05, 0.1) is 5.57 Å². The molecule has 0 saturated heterocycles. The molecule has 0 aromatic carbocycles. The van der Waals surface area contributed by atoms with Crippen LogP contribution in [0.3, 0.4) is 0 Å². The van der Waals surface area contributed by atoms with E-state index in [1.807, 2.05) is 0 Å². The summed E-state index contributed by atoms with van der Waals surface area (Å²) in [6.45, 7) is 0. The molecule has 0 heterocycles. The molecule has 1 rings (SSSR count). The average molecular weight is 199 g/mol. The predicted octanol–water partition coefficient (Wildman–Crippen LogP) is 2.36. The van der Waals surface area contributed by atoms with Crippen LogP contribution in [0.2, 0.25) is 0 Å². The van der Waals surface area contributed by atoms with Crippen LogP contribution >= 0.6 is 11.6 Å². The number of hydrogen-bond acceptors (Lipinski definition) is 1. The van der Waals surface area contributed by atoms with Crippen LogP contribution in [-0.2, 0) is 0 Å². The van der Waals surface area contributed by atoms with Crippen molar-refractivity contribution in [2.24, 2.45) is 0 Å². The van der Waals surface area contributed by atoms with E-state index in [4.69, 9.17) is 16.7 Å². The molecule has 68 valence electrons. The maximum Gasteiger partial charge on any atom is 0.416 e. The van der Waals surface area contributed by atoms with Gasteiger partial charge in [-0.05, 0) is 6.08 Å². The zero-order chi connectivity index (χ0) is 9.41. The van der Waals surface area contributed by atoms with Crippen molar-refractivity contribution in [3.8, 4) is 0 Å². The molecule has 1 aliphatic rings. The Balaban J connectivity index is 2.78. The second-order valence-electron chi connectivity index (χ2n) is 2.51. The van der Waals surface area contributed by atoms with Gasteiger partial charge in [-0.2, -0.15) is 13.2 Å². The van der Waals surface area contributed by atoms with Crippen molar-refractivity contribution in [3.63, 3.8) is 0 Å².